The Morgan fingerprint density at radius 3 is 2.57 bits per heavy atom. The Labute approximate surface area is 120 Å². The normalized spacial score (nSPS) is 11.1. The van der Waals surface area contributed by atoms with Crippen LogP contribution in [0.2, 0.25) is 0 Å². The molecule has 0 aliphatic heterocycles. The van der Waals surface area contributed by atoms with Gasteiger partial charge in [-0.1, -0.05) is 6.07 Å². The standard InChI is InChI=1S/C13H17F3N2O3/c1-17-7-12(19)18-6-9-3-4-10(11(5-9)20-2)21-8-13(14,15)16/h3-5,17H,6-8H2,1-2H3,(H,18,19). The number of ether oxygens (including phenoxy) is 2. The van der Waals surface area contributed by atoms with Crippen LogP contribution in [0.15, 0.2) is 18.2 Å². The minimum absolute atomic E-state index is 0.000117. The number of alkyl halides is 3. The molecule has 118 valence electrons. The molecule has 0 spiro atoms. The summed E-state index contributed by atoms with van der Waals surface area (Å²) in [5.74, 6) is -0.00592. The van der Waals surface area contributed by atoms with E-state index < -0.39 is 12.8 Å². The molecule has 2 N–H and O–H groups in total. The molecule has 1 aromatic rings. The predicted octanol–water partition coefficient (Wildman–Crippen LogP) is 1.47. The van der Waals surface area contributed by atoms with Crippen molar-refractivity contribution in [1.29, 1.82) is 0 Å². The van der Waals surface area contributed by atoms with Gasteiger partial charge in [-0.05, 0) is 24.7 Å². The molecule has 21 heavy (non-hydrogen) atoms. The van der Waals surface area contributed by atoms with Gasteiger partial charge in [0.05, 0.1) is 13.7 Å². The monoisotopic (exact) mass is 306 g/mol. The van der Waals surface area contributed by atoms with E-state index in [1.165, 1.54) is 19.2 Å². The van der Waals surface area contributed by atoms with Crippen LogP contribution in [0.25, 0.3) is 0 Å². The van der Waals surface area contributed by atoms with Crippen LogP contribution in [0.3, 0.4) is 0 Å². The van der Waals surface area contributed by atoms with Gasteiger partial charge in [0, 0.05) is 6.54 Å². The van der Waals surface area contributed by atoms with Crippen molar-refractivity contribution in [2.45, 2.75) is 12.7 Å². The van der Waals surface area contributed by atoms with E-state index in [4.69, 9.17) is 4.74 Å². The maximum absolute atomic E-state index is 12.1. The topological polar surface area (TPSA) is 59.6 Å². The molecule has 8 heteroatoms. The number of hydrogen-bond acceptors (Lipinski definition) is 4. The van der Waals surface area contributed by atoms with E-state index in [1.807, 2.05) is 0 Å². The third kappa shape index (κ3) is 6.35. The molecule has 0 fully saturated rings. The van der Waals surface area contributed by atoms with E-state index in [0.717, 1.165) is 0 Å². The van der Waals surface area contributed by atoms with Crippen LogP contribution in [0.5, 0.6) is 11.5 Å². The van der Waals surface area contributed by atoms with Crippen molar-refractivity contribution < 1.29 is 27.4 Å². The predicted molar refractivity (Wildman–Crippen MR) is 70.3 cm³/mol. The molecule has 0 saturated heterocycles. The lowest BCUT2D eigenvalue weighted by atomic mass is 10.2. The summed E-state index contributed by atoms with van der Waals surface area (Å²) < 4.78 is 46.0. The Hall–Kier alpha value is -1.96. The fourth-order valence-corrected chi connectivity index (χ4v) is 1.52. The van der Waals surface area contributed by atoms with Gasteiger partial charge in [0.1, 0.15) is 0 Å². The molecule has 1 rings (SSSR count). The molecule has 0 atom stereocenters. The van der Waals surface area contributed by atoms with E-state index in [1.54, 1.807) is 13.1 Å². The molecular formula is C13H17F3N2O3. The number of rotatable bonds is 7. The summed E-state index contributed by atoms with van der Waals surface area (Å²) >= 11 is 0. The van der Waals surface area contributed by atoms with Crippen LogP contribution in [-0.4, -0.2) is 39.4 Å². The molecule has 0 heterocycles. The zero-order valence-electron chi connectivity index (χ0n) is 11.7. The van der Waals surface area contributed by atoms with E-state index in [2.05, 4.69) is 15.4 Å². The average Bonchev–Trinajstić information content (AvgIpc) is 2.42. The highest BCUT2D eigenvalue weighted by molar-refractivity contribution is 5.77. The van der Waals surface area contributed by atoms with E-state index in [9.17, 15) is 18.0 Å². The Kier molecular flexibility index (Phi) is 6.29. The van der Waals surface area contributed by atoms with Gasteiger partial charge < -0.3 is 20.1 Å². The van der Waals surface area contributed by atoms with Crippen molar-refractivity contribution in [3.05, 3.63) is 23.8 Å². The molecule has 5 nitrogen and oxygen atoms in total. The number of hydrogen-bond donors (Lipinski definition) is 2. The maximum atomic E-state index is 12.1. The van der Waals surface area contributed by atoms with Gasteiger partial charge in [0.2, 0.25) is 5.91 Å². The number of carbonyl (C=O) groups is 1. The fourth-order valence-electron chi connectivity index (χ4n) is 1.52. The first kappa shape index (κ1) is 17.1. The van der Waals surface area contributed by atoms with Crippen LogP contribution in [-0.2, 0) is 11.3 Å². The van der Waals surface area contributed by atoms with Crippen molar-refractivity contribution in [3.8, 4) is 11.5 Å². The summed E-state index contributed by atoms with van der Waals surface area (Å²) in [7, 11) is 2.98. The average molecular weight is 306 g/mol. The zero-order chi connectivity index (χ0) is 15.9. The number of benzene rings is 1. The largest absolute Gasteiger partial charge is 0.493 e. The molecule has 0 aromatic heterocycles. The van der Waals surface area contributed by atoms with Crippen LogP contribution < -0.4 is 20.1 Å². The van der Waals surface area contributed by atoms with Crippen LogP contribution in [0.1, 0.15) is 5.56 Å². The van der Waals surface area contributed by atoms with Crippen LogP contribution in [0, 0.1) is 0 Å². The Morgan fingerprint density at radius 2 is 2.00 bits per heavy atom. The summed E-state index contributed by atoms with van der Waals surface area (Å²) in [5.41, 5.74) is 0.690. The number of amides is 1. The molecule has 1 amide bonds. The third-order valence-corrected chi connectivity index (χ3v) is 2.45. The maximum Gasteiger partial charge on any atom is 0.422 e. The quantitative estimate of drug-likeness (QED) is 0.801. The van der Waals surface area contributed by atoms with E-state index >= 15 is 0 Å². The minimum Gasteiger partial charge on any atom is -0.493 e. The van der Waals surface area contributed by atoms with Crippen molar-refractivity contribution in [1.82, 2.24) is 10.6 Å². The first-order chi connectivity index (χ1) is 9.85. The smallest absolute Gasteiger partial charge is 0.422 e. The lowest BCUT2D eigenvalue weighted by Crippen LogP contribution is -2.31. The Morgan fingerprint density at radius 1 is 1.29 bits per heavy atom. The first-order valence-corrected chi connectivity index (χ1v) is 6.13. The number of nitrogens with one attached hydrogen (secondary N) is 2. The molecule has 0 bridgehead atoms. The molecule has 0 aliphatic carbocycles. The number of halogens is 3. The summed E-state index contributed by atoms with van der Waals surface area (Å²) in [6.45, 7) is -0.956. The van der Waals surface area contributed by atoms with Gasteiger partial charge in [-0.3, -0.25) is 4.79 Å². The zero-order valence-corrected chi connectivity index (χ0v) is 11.7. The van der Waals surface area contributed by atoms with Gasteiger partial charge in [-0.25, -0.2) is 0 Å². The third-order valence-electron chi connectivity index (χ3n) is 2.45. The van der Waals surface area contributed by atoms with Gasteiger partial charge in [0.25, 0.3) is 0 Å². The van der Waals surface area contributed by atoms with Gasteiger partial charge >= 0.3 is 6.18 Å². The summed E-state index contributed by atoms with van der Waals surface area (Å²) in [6.07, 6.45) is -4.41. The number of likely N-dealkylation sites (N-methyl/N-ethyl adjacent to an activating group) is 1. The fraction of sp³-hybridized carbons (Fsp3) is 0.462. The van der Waals surface area contributed by atoms with Gasteiger partial charge in [-0.2, -0.15) is 13.2 Å². The van der Waals surface area contributed by atoms with Crippen LogP contribution in [0.4, 0.5) is 13.2 Å². The van der Waals surface area contributed by atoms with Crippen molar-refractivity contribution in [2.75, 3.05) is 27.3 Å². The Bertz CT molecular complexity index is 478. The van der Waals surface area contributed by atoms with Gasteiger partial charge in [-0.15, -0.1) is 0 Å². The number of methoxy groups -OCH3 is 1. The van der Waals surface area contributed by atoms with E-state index in [0.29, 0.717) is 5.56 Å². The second-order valence-electron chi connectivity index (χ2n) is 4.20. The van der Waals surface area contributed by atoms with Crippen LogP contribution >= 0.6 is 0 Å². The highest BCUT2D eigenvalue weighted by Crippen LogP contribution is 2.29. The number of carbonyl (C=O) groups excluding carboxylic acids is 1. The SMILES string of the molecule is CNCC(=O)NCc1ccc(OCC(F)(F)F)c(OC)c1. The second kappa shape index (κ2) is 7.72. The van der Waals surface area contributed by atoms with Crippen molar-refractivity contribution in [3.63, 3.8) is 0 Å². The first-order valence-electron chi connectivity index (χ1n) is 6.13. The minimum atomic E-state index is -4.41. The molecule has 0 saturated carbocycles. The Balaban J connectivity index is 2.67. The summed E-state index contributed by atoms with van der Waals surface area (Å²) in [5, 5.41) is 5.35. The molecular weight excluding hydrogens is 289 g/mol. The molecule has 0 radical (unpaired) electrons. The second-order valence-corrected chi connectivity index (χ2v) is 4.20. The van der Waals surface area contributed by atoms with E-state index in [-0.39, 0.29) is 30.5 Å². The van der Waals surface area contributed by atoms with Crippen molar-refractivity contribution >= 4 is 5.91 Å². The molecule has 0 aliphatic rings. The molecule has 0 unspecified atom stereocenters. The highest BCUT2D eigenvalue weighted by atomic mass is 19.4. The highest BCUT2D eigenvalue weighted by Gasteiger charge is 2.29. The van der Waals surface area contributed by atoms with Gasteiger partial charge in [0.15, 0.2) is 18.1 Å². The lowest BCUT2D eigenvalue weighted by molar-refractivity contribution is -0.153. The van der Waals surface area contributed by atoms with Crippen molar-refractivity contribution in [2.24, 2.45) is 0 Å². The summed E-state index contributed by atoms with van der Waals surface area (Å²) in [6, 6.07) is 4.46. The summed E-state index contributed by atoms with van der Waals surface area (Å²) in [4.78, 5) is 11.3. The molecule has 1 aromatic carbocycles. The lowest BCUT2D eigenvalue weighted by Gasteiger charge is -2.13.